The molecule has 1 aliphatic rings. The lowest BCUT2D eigenvalue weighted by molar-refractivity contribution is -0.147. The quantitative estimate of drug-likeness (QED) is 0.569. The summed E-state index contributed by atoms with van der Waals surface area (Å²) >= 11 is 0. The minimum absolute atomic E-state index is 0.244. The van der Waals surface area contributed by atoms with Crippen molar-refractivity contribution in [3.63, 3.8) is 0 Å². The van der Waals surface area contributed by atoms with E-state index in [0.717, 1.165) is 0 Å². The highest BCUT2D eigenvalue weighted by Crippen LogP contribution is 2.28. The third kappa shape index (κ3) is 4.49. The number of nitrogens with zero attached hydrogens (tertiary/aromatic N) is 3. The van der Waals surface area contributed by atoms with E-state index in [1.54, 1.807) is 0 Å². The van der Waals surface area contributed by atoms with Crippen molar-refractivity contribution in [2.24, 2.45) is 0 Å². The monoisotopic (exact) mass is 421 g/mol. The van der Waals surface area contributed by atoms with Gasteiger partial charge >= 0.3 is 6.18 Å². The van der Waals surface area contributed by atoms with E-state index in [1.165, 1.54) is 0 Å². The fourth-order valence-electron chi connectivity index (χ4n) is 2.91. The number of alkyl halides is 3. The molecule has 2 amide bonds. The van der Waals surface area contributed by atoms with Crippen molar-refractivity contribution in [2.45, 2.75) is 31.6 Å². The van der Waals surface area contributed by atoms with Crippen LogP contribution in [0.3, 0.4) is 0 Å². The average molecular weight is 421 g/mol. The van der Waals surface area contributed by atoms with E-state index in [-0.39, 0.29) is 18.5 Å². The van der Waals surface area contributed by atoms with Gasteiger partial charge in [-0.25, -0.2) is 13.2 Å². The molecule has 2 heterocycles. The maximum absolute atomic E-state index is 13.9. The Morgan fingerprint density at radius 1 is 1.07 bits per heavy atom. The molecule has 0 spiro atoms. The number of amides is 2. The van der Waals surface area contributed by atoms with Crippen LogP contribution >= 0.6 is 0 Å². The fraction of sp³-hybridized carbons (Fsp3) is 0.375. The molecule has 1 aromatic carbocycles. The molecular formula is C16H13F6N5O2. The number of aromatic nitrogens is 3. The van der Waals surface area contributed by atoms with Crippen LogP contribution in [-0.4, -0.2) is 39.2 Å². The van der Waals surface area contributed by atoms with Gasteiger partial charge in [0.2, 0.25) is 17.6 Å². The van der Waals surface area contributed by atoms with Gasteiger partial charge in [-0.15, -0.1) is 10.2 Å². The summed E-state index contributed by atoms with van der Waals surface area (Å²) in [5.74, 6) is -7.61. The number of rotatable bonds is 2. The van der Waals surface area contributed by atoms with Gasteiger partial charge in [0.1, 0.15) is 5.82 Å². The molecule has 3 rings (SSSR count). The molecule has 0 fully saturated rings. The number of carbonyl (C=O) groups excluding carboxylic acids is 2. The average Bonchev–Trinajstić information content (AvgIpc) is 3.03. The Kier molecular flexibility index (Phi) is 5.48. The highest BCUT2D eigenvalue weighted by molar-refractivity contribution is 5.91. The number of benzene rings is 1. The number of hydrogen-bond donors (Lipinski definition) is 2. The molecule has 1 aliphatic heterocycles. The Balaban J connectivity index is 1.92. The first kappa shape index (κ1) is 20.6. The summed E-state index contributed by atoms with van der Waals surface area (Å²) in [7, 11) is 0. The Bertz CT molecular complexity index is 958. The van der Waals surface area contributed by atoms with Crippen LogP contribution in [0.5, 0.6) is 0 Å². The van der Waals surface area contributed by atoms with Gasteiger partial charge in [0, 0.05) is 31.6 Å². The van der Waals surface area contributed by atoms with E-state index >= 15 is 0 Å². The normalized spacial score (nSPS) is 18.1. The molecule has 0 radical (unpaired) electrons. The molecule has 0 aliphatic carbocycles. The minimum Gasteiger partial charge on any atom is -0.354 e. The lowest BCUT2D eigenvalue weighted by Gasteiger charge is -2.21. The molecule has 1 unspecified atom stereocenters. The van der Waals surface area contributed by atoms with Crippen LogP contribution in [0.15, 0.2) is 12.1 Å². The van der Waals surface area contributed by atoms with Crippen LogP contribution in [0, 0.1) is 17.5 Å². The van der Waals surface area contributed by atoms with Crippen molar-refractivity contribution < 1.29 is 35.9 Å². The molecule has 2 N–H and O–H groups in total. The SMILES string of the molecule is O=C1CC(Cc2cc(F)c(F)cc2F)NC(=O)c2nnc(C(F)(F)F)n2CCN1. The van der Waals surface area contributed by atoms with Gasteiger partial charge < -0.3 is 10.6 Å². The smallest absolute Gasteiger partial charge is 0.354 e. The number of halogens is 6. The van der Waals surface area contributed by atoms with E-state index in [1.807, 2.05) is 0 Å². The topological polar surface area (TPSA) is 88.9 Å². The van der Waals surface area contributed by atoms with Gasteiger partial charge in [-0.3, -0.25) is 14.2 Å². The van der Waals surface area contributed by atoms with Crippen LogP contribution < -0.4 is 10.6 Å². The Morgan fingerprint density at radius 3 is 2.45 bits per heavy atom. The molecule has 13 heteroatoms. The molecular weight excluding hydrogens is 408 g/mol. The molecule has 1 atom stereocenters. The number of hydrogen-bond acceptors (Lipinski definition) is 4. The molecule has 29 heavy (non-hydrogen) atoms. The Labute approximate surface area is 159 Å². The fourth-order valence-corrected chi connectivity index (χ4v) is 2.91. The van der Waals surface area contributed by atoms with E-state index in [2.05, 4.69) is 20.8 Å². The molecule has 2 aromatic rings. The maximum Gasteiger partial charge on any atom is 0.451 e. The van der Waals surface area contributed by atoms with E-state index in [4.69, 9.17) is 0 Å². The molecule has 7 nitrogen and oxygen atoms in total. The molecule has 0 bridgehead atoms. The third-order valence-electron chi connectivity index (χ3n) is 4.19. The van der Waals surface area contributed by atoms with Crippen molar-refractivity contribution in [1.82, 2.24) is 25.4 Å². The summed E-state index contributed by atoms with van der Waals surface area (Å²) in [6.45, 7) is -0.648. The minimum atomic E-state index is -4.88. The van der Waals surface area contributed by atoms with E-state index in [9.17, 15) is 35.9 Å². The van der Waals surface area contributed by atoms with Crippen molar-refractivity contribution in [2.75, 3.05) is 6.54 Å². The number of nitrogens with one attached hydrogen (secondary N) is 2. The summed E-state index contributed by atoms with van der Waals surface area (Å²) in [5, 5.41) is 10.9. The van der Waals surface area contributed by atoms with Crippen molar-refractivity contribution in [3.8, 4) is 0 Å². The molecule has 0 saturated heterocycles. The summed E-state index contributed by atoms with van der Waals surface area (Å²) in [6.07, 6.45) is -5.67. The predicted molar refractivity (Wildman–Crippen MR) is 83.9 cm³/mol. The van der Waals surface area contributed by atoms with Gasteiger partial charge in [0.05, 0.1) is 0 Å². The Morgan fingerprint density at radius 2 is 1.76 bits per heavy atom. The van der Waals surface area contributed by atoms with E-state index < -0.39 is 66.1 Å². The van der Waals surface area contributed by atoms with Gasteiger partial charge in [0.15, 0.2) is 11.6 Å². The summed E-state index contributed by atoms with van der Waals surface area (Å²) < 4.78 is 80.1. The zero-order chi connectivity index (χ0) is 21.3. The second-order valence-electron chi connectivity index (χ2n) is 6.28. The summed E-state index contributed by atoms with van der Waals surface area (Å²) in [6, 6.07) is -0.226. The van der Waals surface area contributed by atoms with Crippen LogP contribution in [0.2, 0.25) is 0 Å². The van der Waals surface area contributed by atoms with Crippen molar-refractivity contribution in [1.29, 1.82) is 0 Å². The van der Waals surface area contributed by atoms with Crippen LogP contribution in [-0.2, 0) is 23.9 Å². The first-order valence-electron chi connectivity index (χ1n) is 8.27. The second kappa shape index (κ2) is 7.72. The van der Waals surface area contributed by atoms with Crippen molar-refractivity contribution >= 4 is 11.8 Å². The van der Waals surface area contributed by atoms with Crippen LogP contribution in [0.1, 0.15) is 28.4 Å². The zero-order valence-electron chi connectivity index (χ0n) is 14.5. The van der Waals surface area contributed by atoms with Gasteiger partial charge in [-0.05, 0) is 18.1 Å². The van der Waals surface area contributed by atoms with Gasteiger partial charge in [-0.1, -0.05) is 0 Å². The van der Waals surface area contributed by atoms with Crippen LogP contribution in [0.25, 0.3) is 0 Å². The lowest BCUT2D eigenvalue weighted by Crippen LogP contribution is -2.44. The summed E-state index contributed by atoms with van der Waals surface area (Å²) in [5.41, 5.74) is -0.323. The first-order chi connectivity index (χ1) is 13.6. The van der Waals surface area contributed by atoms with Crippen molar-refractivity contribution in [3.05, 3.63) is 46.8 Å². The largest absolute Gasteiger partial charge is 0.451 e. The number of carbonyl (C=O) groups is 2. The van der Waals surface area contributed by atoms with Crippen LogP contribution in [0.4, 0.5) is 26.3 Å². The zero-order valence-corrected chi connectivity index (χ0v) is 14.5. The van der Waals surface area contributed by atoms with E-state index in [0.29, 0.717) is 16.7 Å². The molecule has 0 saturated carbocycles. The first-order valence-corrected chi connectivity index (χ1v) is 8.27. The highest BCUT2D eigenvalue weighted by atomic mass is 19.4. The summed E-state index contributed by atoms with van der Waals surface area (Å²) in [4.78, 5) is 24.4. The molecule has 156 valence electrons. The lowest BCUT2D eigenvalue weighted by atomic mass is 10.0. The van der Waals surface area contributed by atoms with Gasteiger partial charge in [-0.2, -0.15) is 13.2 Å². The second-order valence-corrected chi connectivity index (χ2v) is 6.28. The molecule has 1 aromatic heterocycles. The maximum atomic E-state index is 13.9. The number of fused-ring (bicyclic) bond motifs is 1. The standard InChI is InChI=1S/C16H13F6N5O2/c17-9-6-11(19)10(18)4-7(9)3-8-5-12(28)23-1-2-27-13(14(29)24-8)25-26-15(27)16(20,21)22/h4,6,8H,1-3,5H2,(H,23,28)(H,24,29). The van der Waals surface area contributed by atoms with Gasteiger partial charge in [0.25, 0.3) is 5.91 Å². The third-order valence-corrected chi connectivity index (χ3v) is 4.19. The highest BCUT2D eigenvalue weighted by Gasteiger charge is 2.39. The predicted octanol–water partition coefficient (Wildman–Crippen LogP) is 1.58. The Hall–Kier alpha value is -3.12.